The molecule has 62 valence electrons. The second-order valence-corrected chi connectivity index (χ2v) is 2.88. The highest BCUT2D eigenvalue weighted by Gasteiger charge is 2.15. The molecule has 1 aromatic rings. The molecule has 2 N–H and O–H groups in total. The zero-order chi connectivity index (χ0) is 8.55. The monoisotopic (exact) mass is 181 g/mol. The molecule has 0 amide bonds. The van der Waals surface area contributed by atoms with E-state index in [1.807, 2.05) is 6.07 Å². The van der Waals surface area contributed by atoms with E-state index in [0.29, 0.717) is 11.8 Å². The standard InChI is InChI=1S/C8H7NO2S/c10-7-3-1-2-6-5(7)4-11-8(12)9-6/h1-3,10H,4H2,(H,9,12). The minimum absolute atomic E-state index is 0.238. The summed E-state index contributed by atoms with van der Waals surface area (Å²) in [5, 5.41) is 12.6. The van der Waals surface area contributed by atoms with Gasteiger partial charge >= 0.3 is 0 Å². The minimum atomic E-state index is 0.238. The molecule has 1 aromatic carbocycles. The minimum Gasteiger partial charge on any atom is -0.507 e. The molecule has 0 fully saturated rings. The van der Waals surface area contributed by atoms with E-state index in [4.69, 9.17) is 17.0 Å². The Morgan fingerprint density at radius 2 is 2.33 bits per heavy atom. The highest BCUT2D eigenvalue weighted by molar-refractivity contribution is 7.80. The van der Waals surface area contributed by atoms with E-state index in [2.05, 4.69) is 5.32 Å². The fourth-order valence-electron chi connectivity index (χ4n) is 1.13. The smallest absolute Gasteiger partial charge is 0.261 e. The lowest BCUT2D eigenvalue weighted by Crippen LogP contribution is -2.19. The number of aromatic hydroxyl groups is 1. The van der Waals surface area contributed by atoms with Gasteiger partial charge in [0.1, 0.15) is 12.4 Å². The third-order valence-corrected chi connectivity index (χ3v) is 1.96. The molecule has 0 atom stereocenters. The first-order chi connectivity index (χ1) is 5.77. The Bertz CT molecular complexity index is 338. The van der Waals surface area contributed by atoms with Gasteiger partial charge < -0.3 is 15.2 Å². The highest BCUT2D eigenvalue weighted by atomic mass is 32.1. The van der Waals surface area contributed by atoms with Crippen LogP contribution in [0, 0.1) is 0 Å². The molecule has 1 aliphatic heterocycles. The van der Waals surface area contributed by atoms with E-state index in [1.54, 1.807) is 12.1 Å². The maximum absolute atomic E-state index is 9.38. The average molecular weight is 181 g/mol. The van der Waals surface area contributed by atoms with E-state index >= 15 is 0 Å². The Kier molecular flexibility index (Phi) is 1.62. The van der Waals surface area contributed by atoms with Crippen LogP contribution in [-0.4, -0.2) is 10.3 Å². The van der Waals surface area contributed by atoms with Crippen molar-refractivity contribution in [2.45, 2.75) is 6.61 Å². The second kappa shape index (κ2) is 2.64. The third-order valence-electron chi connectivity index (χ3n) is 1.74. The van der Waals surface area contributed by atoms with Crippen molar-refractivity contribution in [2.24, 2.45) is 0 Å². The van der Waals surface area contributed by atoms with Crippen molar-refractivity contribution >= 4 is 23.1 Å². The number of nitrogens with one attached hydrogen (secondary N) is 1. The van der Waals surface area contributed by atoms with Crippen molar-refractivity contribution in [3.63, 3.8) is 0 Å². The van der Waals surface area contributed by atoms with Gasteiger partial charge in [-0.1, -0.05) is 6.07 Å². The Balaban J connectivity index is 2.48. The maximum Gasteiger partial charge on any atom is 0.261 e. The van der Waals surface area contributed by atoms with E-state index < -0.39 is 0 Å². The predicted octanol–water partition coefficient (Wildman–Crippen LogP) is 1.62. The number of ether oxygens (including phenoxy) is 1. The number of hydrogen-bond acceptors (Lipinski definition) is 3. The molecule has 12 heavy (non-hydrogen) atoms. The number of anilines is 1. The number of hydrogen-bond donors (Lipinski definition) is 2. The molecular formula is C8H7NO2S. The van der Waals surface area contributed by atoms with Gasteiger partial charge in [0.05, 0.1) is 11.3 Å². The van der Waals surface area contributed by atoms with Crippen molar-refractivity contribution in [1.29, 1.82) is 0 Å². The first kappa shape index (κ1) is 7.36. The van der Waals surface area contributed by atoms with E-state index in [0.717, 1.165) is 11.3 Å². The molecule has 0 saturated carbocycles. The lowest BCUT2D eigenvalue weighted by Gasteiger charge is -2.19. The zero-order valence-corrected chi connectivity index (χ0v) is 7.02. The molecule has 0 radical (unpaired) electrons. The van der Waals surface area contributed by atoms with E-state index in [-0.39, 0.29) is 5.75 Å². The summed E-state index contributed by atoms with van der Waals surface area (Å²) in [5.41, 5.74) is 1.58. The van der Waals surface area contributed by atoms with Crippen molar-refractivity contribution in [3.8, 4) is 5.75 Å². The van der Waals surface area contributed by atoms with Crippen molar-refractivity contribution < 1.29 is 9.84 Å². The molecule has 2 rings (SSSR count). The number of thiocarbonyl (C=S) groups is 1. The van der Waals surface area contributed by atoms with Gasteiger partial charge in [-0.25, -0.2) is 0 Å². The summed E-state index contributed by atoms with van der Waals surface area (Å²) in [6, 6.07) is 5.23. The van der Waals surface area contributed by atoms with Crippen molar-refractivity contribution in [2.75, 3.05) is 5.32 Å². The molecule has 0 aliphatic carbocycles. The number of phenols is 1. The number of rotatable bonds is 0. The van der Waals surface area contributed by atoms with Crippen molar-refractivity contribution in [3.05, 3.63) is 23.8 Å². The van der Waals surface area contributed by atoms with Crippen molar-refractivity contribution in [1.82, 2.24) is 0 Å². The highest BCUT2D eigenvalue weighted by Crippen LogP contribution is 2.28. The number of phenolic OH excluding ortho intramolecular Hbond substituents is 1. The van der Waals surface area contributed by atoms with Gasteiger partial charge in [0.25, 0.3) is 5.17 Å². The Morgan fingerprint density at radius 1 is 1.50 bits per heavy atom. The van der Waals surface area contributed by atoms with E-state index in [9.17, 15) is 5.11 Å². The van der Waals surface area contributed by atoms with Crippen LogP contribution in [-0.2, 0) is 11.3 Å². The fourth-order valence-corrected chi connectivity index (χ4v) is 1.30. The SMILES string of the molecule is Oc1cccc2c1COC(=S)N2. The molecule has 3 nitrogen and oxygen atoms in total. The van der Waals surface area contributed by atoms with E-state index in [1.165, 1.54) is 0 Å². The molecule has 0 spiro atoms. The van der Waals surface area contributed by atoms with Gasteiger partial charge in [-0.05, 0) is 24.4 Å². The molecule has 1 heterocycles. The van der Waals surface area contributed by atoms with Crippen LogP contribution in [0.1, 0.15) is 5.56 Å². The van der Waals surface area contributed by atoms with Crippen LogP contribution in [0.3, 0.4) is 0 Å². The van der Waals surface area contributed by atoms with Crippen LogP contribution < -0.4 is 5.32 Å². The van der Waals surface area contributed by atoms with Crippen LogP contribution in [0.15, 0.2) is 18.2 Å². The summed E-state index contributed by atoms with van der Waals surface area (Å²) in [4.78, 5) is 0. The molecular weight excluding hydrogens is 174 g/mol. The van der Waals surface area contributed by atoms with Gasteiger partial charge in [0.2, 0.25) is 0 Å². The molecule has 0 bridgehead atoms. The summed E-state index contributed by atoms with van der Waals surface area (Å²) in [6.45, 7) is 0.341. The molecule has 0 saturated heterocycles. The normalized spacial score (nSPS) is 14.5. The van der Waals surface area contributed by atoms with Gasteiger partial charge in [0.15, 0.2) is 0 Å². The Labute approximate surface area is 75.0 Å². The van der Waals surface area contributed by atoms with Crippen LogP contribution in [0.2, 0.25) is 0 Å². The van der Waals surface area contributed by atoms with Gasteiger partial charge in [-0.15, -0.1) is 0 Å². The lowest BCUT2D eigenvalue weighted by atomic mass is 10.1. The summed E-state index contributed by atoms with van der Waals surface area (Å²) in [5.74, 6) is 0.238. The van der Waals surface area contributed by atoms with Gasteiger partial charge in [0, 0.05) is 0 Å². The largest absolute Gasteiger partial charge is 0.507 e. The Hall–Kier alpha value is -1.29. The summed E-state index contributed by atoms with van der Waals surface area (Å²) >= 11 is 4.81. The zero-order valence-electron chi connectivity index (χ0n) is 6.20. The summed E-state index contributed by atoms with van der Waals surface area (Å²) in [6.07, 6.45) is 0. The fraction of sp³-hybridized carbons (Fsp3) is 0.125. The predicted molar refractivity (Wildman–Crippen MR) is 49.1 cm³/mol. The van der Waals surface area contributed by atoms with Crippen LogP contribution in [0.4, 0.5) is 5.69 Å². The summed E-state index contributed by atoms with van der Waals surface area (Å²) in [7, 11) is 0. The third kappa shape index (κ3) is 1.10. The number of fused-ring (bicyclic) bond motifs is 1. The van der Waals surface area contributed by atoms with Gasteiger partial charge in [-0.2, -0.15) is 0 Å². The lowest BCUT2D eigenvalue weighted by molar-refractivity contribution is 0.287. The first-order valence-electron chi connectivity index (χ1n) is 3.52. The van der Waals surface area contributed by atoms with Crippen LogP contribution >= 0.6 is 12.2 Å². The maximum atomic E-state index is 9.38. The first-order valence-corrected chi connectivity index (χ1v) is 3.93. The molecule has 4 heteroatoms. The van der Waals surface area contributed by atoms with Gasteiger partial charge in [-0.3, -0.25) is 0 Å². The average Bonchev–Trinajstić information content (AvgIpc) is 2.04. The quantitative estimate of drug-likeness (QED) is 0.597. The molecule has 1 aliphatic rings. The second-order valence-electron chi connectivity index (χ2n) is 2.50. The number of benzene rings is 1. The Morgan fingerprint density at radius 3 is 3.17 bits per heavy atom. The molecule has 0 aromatic heterocycles. The van der Waals surface area contributed by atoms with Crippen LogP contribution in [0.5, 0.6) is 5.75 Å². The van der Waals surface area contributed by atoms with Crippen LogP contribution in [0.25, 0.3) is 0 Å². The summed E-state index contributed by atoms with van der Waals surface area (Å²) < 4.78 is 5.05. The topological polar surface area (TPSA) is 41.5 Å². The molecule has 0 unspecified atom stereocenters.